The first-order valence-electron chi connectivity index (χ1n) is 9.57. The molecule has 2 aromatic carbocycles. The molecule has 1 aromatic heterocycles. The van der Waals surface area contributed by atoms with Gasteiger partial charge in [0.1, 0.15) is 11.9 Å². The summed E-state index contributed by atoms with van der Waals surface area (Å²) in [5, 5.41) is 13.0. The van der Waals surface area contributed by atoms with Crippen molar-refractivity contribution in [2.75, 3.05) is 5.32 Å². The van der Waals surface area contributed by atoms with Crippen LogP contribution in [0, 0.1) is 34.9 Å². The van der Waals surface area contributed by atoms with Crippen molar-refractivity contribution in [3.05, 3.63) is 58.3 Å². The van der Waals surface area contributed by atoms with Gasteiger partial charge < -0.3 is 5.32 Å². The van der Waals surface area contributed by atoms with Crippen LogP contribution in [-0.4, -0.2) is 4.98 Å². The number of benzene rings is 2. The minimum absolute atomic E-state index is 0.126. The summed E-state index contributed by atoms with van der Waals surface area (Å²) in [7, 11) is 0. The van der Waals surface area contributed by atoms with E-state index in [4.69, 9.17) is 4.98 Å². The minimum Gasteiger partial charge on any atom is -0.378 e. The van der Waals surface area contributed by atoms with Gasteiger partial charge in [0.2, 0.25) is 0 Å². The smallest absolute Gasteiger partial charge is 0.140 e. The number of aromatic nitrogens is 1. The summed E-state index contributed by atoms with van der Waals surface area (Å²) in [5.41, 5.74) is 6.82. The molecule has 2 heterocycles. The summed E-state index contributed by atoms with van der Waals surface area (Å²) in [6.07, 6.45) is 3.85. The third-order valence-corrected chi connectivity index (χ3v) is 7.82. The van der Waals surface area contributed by atoms with Crippen molar-refractivity contribution in [1.82, 2.24) is 4.98 Å². The highest BCUT2D eigenvalue weighted by atomic mass is 32.1. The van der Waals surface area contributed by atoms with E-state index in [9.17, 15) is 9.65 Å². The fourth-order valence-corrected chi connectivity index (χ4v) is 6.74. The van der Waals surface area contributed by atoms with E-state index in [-0.39, 0.29) is 11.6 Å². The first-order chi connectivity index (χ1) is 13.2. The molecule has 2 bridgehead atoms. The van der Waals surface area contributed by atoms with Gasteiger partial charge in [0.25, 0.3) is 0 Å². The van der Waals surface area contributed by atoms with Crippen molar-refractivity contribution >= 4 is 27.2 Å². The summed E-state index contributed by atoms with van der Waals surface area (Å²) in [5.74, 6) is 1.96. The quantitative estimate of drug-likeness (QED) is 0.602. The highest BCUT2D eigenvalue weighted by Gasteiger charge is 2.54. The number of thiazole rings is 1. The van der Waals surface area contributed by atoms with Crippen LogP contribution in [0.1, 0.15) is 47.9 Å². The Morgan fingerprint density at radius 1 is 1.19 bits per heavy atom. The molecule has 0 radical (unpaired) electrons. The molecule has 0 spiro atoms. The lowest BCUT2D eigenvalue weighted by atomic mass is 9.67. The number of nitriles is 1. The standard InChI is InChI=1S/C22H18FN3S/c23-15-4-3-13(8-14(15)9-24)21-19-12-2-1-11(7-12)18(19)20-16(26-21)5-6-17-22(20)25-10-27-17/h3-6,8,10-12,18-19,21,26H,1-2,7H2. The van der Waals surface area contributed by atoms with E-state index in [1.54, 1.807) is 17.4 Å². The van der Waals surface area contributed by atoms with Crippen LogP contribution in [0.2, 0.25) is 0 Å². The SMILES string of the molecule is N#Cc1cc(C2Nc3ccc4scnc4c3C3C4CCC(C4)C23)ccc1F. The van der Waals surface area contributed by atoms with Crippen LogP contribution in [0.15, 0.2) is 35.8 Å². The molecule has 6 rings (SSSR count). The van der Waals surface area contributed by atoms with Crippen molar-refractivity contribution in [1.29, 1.82) is 5.26 Å². The van der Waals surface area contributed by atoms with Crippen LogP contribution < -0.4 is 5.32 Å². The average molecular weight is 375 g/mol. The Morgan fingerprint density at radius 2 is 2.07 bits per heavy atom. The number of hydrogen-bond acceptors (Lipinski definition) is 4. The summed E-state index contributed by atoms with van der Waals surface area (Å²) in [6, 6.07) is 11.5. The molecule has 3 nitrogen and oxygen atoms in total. The topological polar surface area (TPSA) is 48.7 Å². The Labute approximate surface area is 160 Å². The molecule has 3 aromatic rings. The molecular weight excluding hydrogens is 357 g/mol. The molecule has 5 unspecified atom stereocenters. The zero-order valence-corrected chi connectivity index (χ0v) is 15.5. The maximum absolute atomic E-state index is 13.9. The Morgan fingerprint density at radius 3 is 2.96 bits per heavy atom. The predicted octanol–water partition coefficient (Wildman–Crippen LogP) is 5.60. The zero-order chi connectivity index (χ0) is 18.1. The van der Waals surface area contributed by atoms with Gasteiger partial charge in [0.05, 0.1) is 27.3 Å². The molecule has 5 atom stereocenters. The van der Waals surface area contributed by atoms with E-state index < -0.39 is 5.82 Å². The molecule has 5 heteroatoms. The first-order valence-corrected chi connectivity index (χ1v) is 10.4. The third-order valence-electron chi connectivity index (χ3n) is 7.02. The normalized spacial score (nSPS) is 30.6. The minimum atomic E-state index is -0.439. The molecule has 1 N–H and O–H groups in total. The second-order valence-corrected chi connectivity index (χ2v) is 9.02. The Kier molecular flexibility index (Phi) is 3.19. The van der Waals surface area contributed by atoms with Crippen LogP contribution in [-0.2, 0) is 0 Å². The van der Waals surface area contributed by atoms with Crippen LogP contribution in [0.5, 0.6) is 0 Å². The molecule has 2 fully saturated rings. The molecule has 0 saturated heterocycles. The van der Waals surface area contributed by atoms with Gasteiger partial charge in [0, 0.05) is 11.3 Å². The van der Waals surface area contributed by atoms with E-state index in [1.165, 1.54) is 35.6 Å². The molecule has 134 valence electrons. The van der Waals surface area contributed by atoms with Gasteiger partial charge in [-0.25, -0.2) is 9.37 Å². The Bertz CT molecular complexity index is 1110. The lowest BCUT2D eigenvalue weighted by Gasteiger charge is -2.43. The van der Waals surface area contributed by atoms with Crippen molar-refractivity contribution in [3.8, 4) is 6.07 Å². The molecule has 3 aliphatic rings. The fraction of sp³-hybridized carbons (Fsp3) is 0.364. The van der Waals surface area contributed by atoms with Crippen molar-refractivity contribution in [2.24, 2.45) is 17.8 Å². The number of hydrogen-bond donors (Lipinski definition) is 1. The van der Waals surface area contributed by atoms with Gasteiger partial charge in [0.15, 0.2) is 0 Å². The first kappa shape index (κ1) is 15.6. The van der Waals surface area contributed by atoms with Gasteiger partial charge in [-0.15, -0.1) is 11.3 Å². The van der Waals surface area contributed by atoms with E-state index in [0.717, 1.165) is 16.8 Å². The molecule has 2 saturated carbocycles. The second-order valence-electron chi connectivity index (χ2n) is 8.14. The molecule has 1 aliphatic heterocycles. The van der Waals surface area contributed by atoms with Crippen LogP contribution >= 0.6 is 11.3 Å². The monoisotopic (exact) mass is 375 g/mol. The van der Waals surface area contributed by atoms with Gasteiger partial charge in [-0.2, -0.15) is 5.26 Å². The van der Waals surface area contributed by atoms with Gasteiger partial charge in [-0.3, -0.25) is 0 Å². The second kappa shape index (κ2) is 5.53. The number of halogens is 1. The molecule has 2 aliphatic carbocycles. The third kappa shape index (κ3) is 2.08. The lowest BCUT2D eigenvalue weighted by molar-refractivity contribution is 0.248. The number of anilines is 1. The van der Waals surface area contributed by atoms with E-state index in [0.29, 0.717) is 23.7 Å². The zero-order valence-electron chi connectivity index (χ0n) is 14.7. The number of rotatable bonds is 1. The van der Waals surface area contributed by atoms with Crippen molar-refractivity contribution < 1.29 is 4.39 Å². The van der Waals surface area contributed by atoms with Crippen LogP contribution in [0.3, 0.4) is 0 Å². The van der Waals surface area contributed by atoms with Crippen molar-refractivity contribution in [2.45, 2.75) is 31.2 Å². The summed E-state index contributed by atoms with van der Waals surface area (Å²) < 4.78 is 15.1. The van der Waals surface area contributed by atoms with Crippen LogP contribution in [0.4, 0.5) is 10.1 Å². The van der Waals surface area contributed by atoms with E-state index in [2.05, 4.69) is 17.4 Å². The molecule has 0 amide bonds. The fourth-order valence-electron chi connectivity index (χ4n) is 6.05. The van der Waals surface area contributed by atoms with Gasteiger partial charge >= 0.3 is 0 Å². The average Bonchev–Trinajstić information content (AvgIpc) is 3.43. The number of nitrogens with one attached hydrogen (secondary N) is 1. The summed E-state index contributed by atoms with van der Waals surface area (Å²) in [6.45, 7) is 0. The van der Waals surface area contributed by atoms with Crippen LogP contribution in [0.25, 0.3) is 10.2 Å². The highest BCUT2D eigenvalue weighted by molar-refractivity contribution is 7.16. The number of nitrogens with zero attached hydrogens (tertiary/aromatic N) is 2. The Hall–Kier alpha value is -2.45. The van der Waals surface area contributed by atoms with Gasteiger partial charge in [-0.05, 0) is 72.8 Å². The molecule has 27 heavy (non-hydrogen) atoms. The molecular formula is C22H18FN3S. The predicted molar refractivity (Wildman–Crippen MR) is 104 cm³/mol. The van der Waals surface area contributed by atoms with Gasteiger partial charge in [-0.1, -0.05) is 6.07 Å². The summed E-state index contributed by atoms with van der Waals surface area (Å²) in [4.78, 5) is 4.70. The summed E-state index contributed by atoms with van der Waals surface area (Å²) >= 11 is 1.70. The van der Waals surface area contributed by atoms with Crippen molar-refractivity contribution in [3.63, 3.8) is 0 Å². The van der Waals surface area contributed by atoms with E-state index >= 15 is 0 Å². The highest BCUT2D eigenvalue weighted by Crippen LogP contribution is 2.64. The number of fused-ring (bicyclic) bond motifs is 9. The maximum Gasteiger partial charge on any atom is 0.140 e. The largest absolute Gasteiger partial charge is 0.378 e. The lowest BCUT2D eigenvalue weighted by Crippen LogP contribution is -2.35. The van der Waals surface area contributed by atoms with E-state index in [1.807, 2.05) is 17.6 Å². The maximum atomic E-state index is 13.9. The Balaban J connectivity index is 1.55.